The Morgan fingerprint density at radius 3 is 2.50 bits per heavy atom. The molecule has 0 aliphatic heterocycles. The van der Waals surface area contributed by atoms with Crippen molar-refractivity contribution < 1.29 is 4.79 Å². The first-order chi connectivity index (χ1) is 3.68. The van der Waals surface area contributed by atoms with Crippen molar-refractivity contribution in [2.24, 2.45) is 0 Å². The van der Waals surface area contributed by atoms with Gasteiger partial charge in [0.1, 0.15) is 4.16 Å². The molecule has 48 valence electrons. The monoisotopic (exact) mass is 196 g/mol. The Hall–Kier alpha value is 0.500. The minimum atomic E-state index is -0.262. The molecule has 0 aliphatic rings. The first kappa shape index (κ1) is 8.50. The topological polar surface area (TPSA) is 17.1 Å². The molecule has 0 amide bonds. The standard InChI is InChI=1S/C5H9BrOS/c1-2-3-4(7)5(6)8/h5,8H,2-3H2,1H3. The van der Waals surface area contributed by atoms with Crippen LogP contribution >= 0.6 is 28.6 Å². The normalized spacial score (nSPS) is 13.4. The summed E-state index contributed by atoms with van der Waals surface area (Å²) in [7, 11) is 0. The van der Waals surface area contributed by atoms with Crippen molar-refractivity contribution in [3.05, 3.63) is 0 Å². The van der Waals surface area contributed by atoms with Gasteiger partial charge >= 0.3 is 0 Å². The Labute approximate surface area is 63.4 Å². The van der Waals surface area contributed by atoms with Gasteiger partial charge in [-0.2, -0.15) is 12.6 Å². The number of Topliss-reactive ketones (excluding diaryl/α,β-unsaturated/α-hetero) is 1. The zero-order chi connectivity index (χ0) is 6.57. The molecule has 0 N–H and O–H groups in total. The zero-order valence-corrected chi connectivity index (χ0v) is 7.21. The van der Waals surface area contributed by atoms with E-state index in [2.05, 4.69) is 28.6 Å². The lowest BCUT2D eigenvalue weighted by Crippen LogP contribution is -2.05. The highest BCUT2D eigenvalue weighted by Gasteiger charge is 2.06. The van der Waals surface area contributed by atoms with E-state index < -0.39 is 0 Å². The van der Waals surface area contributed by atoms with Crippen LogP contribution in [0.5, 0.6) is 0 Å². The van der Waals surface area contributed by atoms with E-state index in [0.717, 1.165) is 6.42 Å². The fourth-order valence-corrected chi connectivity index (χ4v) is 0.724. The average Bonchev–Trinajstić information content (AvgIpc) is 1.67. The van der Waals surface area contributed by atoms with E-state index >= 15 is 0 Å². The van der Waals surface area contributed by atoms with Gasteiger partial charge in [0, 0.05) is 6.42 Å². The van der Waals surface area contributed by atoms with Gasteiger partial charge in [-0.05, 0) is 6.42 Å². The molecule has 0 rings (SSSR count). The first-order valence-corrected chi connectivity index (χ1v) is 3.96. The zero-order valence-electron chi connectivity index (χ0n) is 4.72. The van der Waals surface area contributed by atoms with Crippen LogP contribution in [0.25, 0.3) is 0 Å². The molecule has 1 unspecified atom stereocenters. The van der Waals surface area contributed by atoms with Crippen LogP contribution in [0.3, 0.4) is 0 Å². The molecule has 0 aromatic heterocycles. The molecule has 0 fully saturated rings. The largest absolute Gasteiger partial charge is 0.298 e. The van der Waals surface area contributed by atoms with E-state index in [9.17, 15) is 4.79 Å². The van der Waals surface area contributed by atoms with Gasteiger partial charge in [0.15, 0.2) is 5.78 Å². The summed E-state index contributed by atoms with van der Waals surface area (Å²) in [5, 5.41) is 0. The molecule has 3 heteroatoms. The summed E-state index contributed by atoms with van der Waals surface area (Å²) >= 11 is 6.95. The lowest BCUT2D eigenvalue weighted by Gasteiger charge is -1.96. The summed E-state index contributed by atoms with van der Waals surface area (Å²) in [5.41, 5.74) is 0. The maximum absolute atomic E-state index is 10.6. The average molecular weight is 197 g/mol. The number of rotatable bonds is 3. The molecule has 0 spiro atoms. The van der Waals surface area contributed by atoms with Crippen molar-refractivity contribution in [2.75, 3.05) is 0 Å². The Kier molecular flexibility index (Phi) is 4.66. The third kappa shape index (κ3) is 3.50. The van der Waals surface area contributed by atoms with Crippen molar-refractivity contribution in [3.8, 4) is 0 Å². The van der Waals surface area contributed by atoms with Crippen LogP contribution in [0.1, 0.15) is 19.8 Å². The summed E-state index contributed by atoms with van der Waals surface area (Å²) < 4.78 is -0.262. The van der Waals surface area contributed by atoms with E-state index in [1.165, 1.54) is 0 Å². The number of hydrogen-bond donors (Lipinski definition) is 1. The summed E-state index contributed by atoms with van der Waals surface area (Å²) in [6.07, 6.45) is 1.53. The molecule has 0 aromatic rings. The van der Waals surface area contributed by atoms with Crippen LogP contribution in [-0.4, -0.2) is 9.94 Å². The molecule has 1 nitrogen and oxygen atoms in total. The number of carbonyl (C=O) groups excluding carboxylic acids is 1. The van der Waals surface area contributed by atoms with Gasteiger partial charge in [0.25, 0.3) is 0 Å². The Bertz CT molecular complexity index is 82.5. The Morgan fingerprint density at radius 1 is 1.88 bits per heavy atom. The van der Waals surface area contributed by atoms with Crippen molar-refractivity contribution >= 4 is 34.3 Å². The second-order valence-corrected chi connectivity index (χ2v) is 3.69. The van der Waals surface area contributed by atoms with Gasteiger partial charge in [-0.1, -0.05) is 22.9 Å². The van der Waals surface area contributed by atoms with E-state index in [0.29, 0.717) is 6.42 Å². The minimum Gasteiger partial charge on any atom is -0.298 e. The third-order valence-corrected chi connectivity index (χ3v) is 1.56. The van der Waals surface area contributed by atoms with Gasteiger partial charge in [0.05, 0.1) is 0 Å². The highest BCUT2D eigenvalue weighted by atomic mass is 79.9. The summed E-state index contributed by atoms with van der Waals surface area (Å²) in [6.45, 7) is 1.97. The molecule has 0 saturated carbocycles. The number of alkyl halides is 1. The predicted octanol–water partition coefficient (Wildman–Crippen LogP) is 2.01. The van der Waals surface area contributed by atoms with Crippen LogP contribution in [0.4, 0.5) is 0 Å². The molecule has 8 heavy (non-hydrogen) atoms. The number of thiol groups is 1. The van der Waals surface area contributed by atoms with Crippen molar-refractivity contribution in [2.45, 2.75) is 23.9 Å². The minimum absolute atomic E-state index is 0.163. The van der Waals surface area contributed by atoms with Crippen molar-refractivity contribution in [1.82, 2.24) is 0 Å². The quantitative estimate of drug-likeness (QED) is 0.541. The molecule has 0 aromatic carbocycles. The highest BCUT2D eigenvalue weighted by molar-refractivity contribution is 9.11. The van der Waals surface area contributed by atoms with Gasteiger partial charge in [-0.3, -0.25) is 4.79 Å². The summed E-state index contributed by atoms with van der Waals surface area (Å²) in [5.74, 6) is 0.163. The second kappa shape index (κ2) is 4.39. The summed E-state index contributed by atoms with van der Waals surface area (Å²) in [4.78, 5) is 10.6. The smallest absolute Gasteiger partial charge is 0.156 e. The van der Waals surface area contributed by atoms with Crippen molar-refractivity contribution in [3.63, 3.8) is 0 Å². The number of ketones is 1. The van der Waals surface area contributed by atoms with Crippen LogP contribution < -0.4 is 0 Å². The number of carbonyl (C=O) groups is 1. The van der Waals surface area contributed by atoms with E-state index in [1.807, 2.05) is 6.92 Å². The molecule has 0 saturated heterocycles. The second-order valence-electron chi connectivity index (χ2n) is 1.55. The number of hydrogen-bond acceptors (Lipinski definition) is 2. The van der Waals surface area contributed by atoms with E-state index in [1.54, 1.807) is 0 Å². The molecule has 0 bridgehead atoms. The maximum Gasteiger partial charge on any atom is 0.156 e. The van der Waals surface area contributed by atoms with Gasteiger partial charge < -0.3 is 0 Å². The third-order valence-electron chi connectivity index (χ3n) is 0.762. The molecule has 0 aliphatic carbocycles. The van der Waals surface area contributed by atoms with E-state index in [4.69, 9.17) is 0 Å². The molecule has 1 atom stereocenters. The fraction of sp³-hybridized carbons (Fsp3) is 0.800. The predicted molar refractivity (Wildman–Crippen MR) is 41.6 cm³/mol. The maximum atomic E-state index is 10.6. The van der Waals surface area contributed by atoms with Crippen LogP contribution in [0.2, 0.25) is 0 Å². The lowest BCUT2D eigenvalue weighted by atomic mass is 10.3. The van der Waals surface area contributed by atoms with E-state index in [-0.39, 0.29) is 9.94 Å². The number of halogens is 1. The molecule has 0 radical (unpaired) electrons. The molecular formula is C5H9BrOS. The van der Waals surface area contributed by atoms with Gasteiger partial charge in [0.2, 0.25) is 0 Å². The molecule has 0 heterocycles. The summed E-state index contributed by atoms with van der Waals surface area (Å²) in [6, 6.07) is 0. The highest BCUT2D eigenvalue weighted by Crippen LogP contribution is 2.08. The molecular weight excluding hydrogens is 188 g/mol. The SMILES string of the molecule is CCCC(=O)C(S)Br. The van der Waals surface area contributed by atoms with Gasteiger partial charge in [-0.15, -0.1) is 0 Å². The van der Waals surface area contributed by atoms with Crippen LogP contribution in [0, 0.1) is 0 Å². The Balaban J connectivity index is 3.33. The fourth-order valence-electron chi connectivity index (χ4n) is 0.366. The van der Waals surface area contributed by atoms with Crippen molar-refractivity contribution in [1.29, 1.82) is 0 Å². The van der Waals surface area contributed by atoms with Crippen LogP contribution in [-0.2, 0) is 4.79 Å². The lowest BCUT2D eigenvalue weighted by molar-refractivity contribution is -0.117. The van der Waals surface area contributed by atoms with Crippen LogP contribution in [0.15, 0.2) is 0 Å². The van der Waals surface area contributed by atoms with Gasteiger partial charge in [-0.25, -0.2) is 0 Å². The Morgan fingerprint density at radius 2 is 2.38 bits per heavy atom. The first-order valence-electron chi connectivity index (χ1n) is 2.53.